The van der Waals surface area contributed by atoms with Crippen LogP contribution in [0.1, 0.15) is 6.42 Å². The number of carboxylic acid groups (broad SMARTS) is 1. The Morgan fingerprint density at radius 3 is 2.63 bits per heavy atom. The van der Waals surface area contributed by atoms with Crippen molar-refractivity contribution in [1.82, 2.24) is 9.97 Å². The van der Waals surface area contributed by atoms with Crippen molar-refractivity contribution in [1.29, 1.82) is 0 Å². The second-order valence-electron chi connectivity index (χ2n) is 5.64. The van der Waals surface area contributed by atoms with Gasteiger partial charge in [0.15, 0.2) is 0 Å². The summed E-state index contributed by atoms with van der Waals surface area (Å²) < 4.78 is 0. The van der Waals surface area contributed by atoms with E-state index in [1.807, 2.05) is 0 Å². The van der Waals surface area contributed by atoms with Crippen LogP contribution in [-0.4, -0.2) is 32.5 Å². The summed E-state index contributed by atoms with van der Waals surface area (Å²) in [6.45, 7) is 0.0216. The topological polar surface area (TPSA) is 153 Å². The van der Waals surface area contributed by atoms with Crippen molar-refractivity contribution in [3.8, 4) is 0 Å². The SMILES string of the molecule is O=C(O)CCNc1cc(Nc2ccc3[nH]c(=O)[nH]c3c2)c(Cl)cc1[N+](=O)[O-]. The lowest BCUT2D eigenvalue weighted by atomic mass is 10.2. The molecule has 5 N–H and O–H groups in total. The van der Waals surface area contributed by atoms with Gasteiger partial charge in [-0.1, -0.05) is 11.6 Å². The average molecular weight is 392 g/mol. The summed E-state index contributed by atoms with van der Waals surface area (Å²) >= 11 is 6.15. The lowest BCUT2D eigenvalue weighted by Gasteiger charge is -2.12. The maximum absolute atomic E-state index is 11.3. The second-order valence-corrected chi connectivity index (χ2v) is 6.05. The number of hydrogen-bond donors (Lipinski definition) is 5. The number of H-pyrrole nitrogens is 2. The van der Waals surface area contributed by atoms with Crippen LogP contribution >= 0.6 is 11.6 Å². The van der Waals surface area contributed by atoms with Gasteiger partial charge in [0.1, 0.15) is 5.69 Å². The normalized spacial score (nSPS) is 10.7. The van der Waals surface area contributed by atoms with Gasteiger partial charge < -0.3 is 25.7 Å². The highest BCUT2D eigenvalue weighted by atomic mass is 35.5. The van der Waals surface area contributed by atoms with Gasteiger partial charge in [-0.2, -0.15) is 0 Å². The molecule has 0 unspecified atom stereocenters. The smallest absolute Gasteiger partial charge is 0.323 e. The number of benzene rings is 2. The van der Waals surface area contributed by atoms with Gasteiger partial charge in [0.05, 0.1) is 33.1 Å². The summed E-state index contributed by atoms with van der Waals surface area (Å²) in [5, 5.41) is 25.8. The molecule has 1 heterocycles. The lowest BCUT2D eigenvalue weighted by molar-refractivity contribution is -0.383. The van der Waals surface area contributed by atoms with Crippen molar-refractivity contribution >= 4 is 51.4 Å². The van der Waals surface area contributed by atoms with Crippen molar-refractivity contribution in [2.45, 2.75) is 6.42 Å². The van der Waals surface area contributed by atoms with Crippen molar-refractivity contribution in [2.75, 3.05) is 17.2 Å². The molecule has 0 aliphatic rings. The summed E-state index contributed by atoms with van der Waals surface area (Å²) in [6.07, 6.45) is -0.194. The fraction of sp³-hybridized carbons (Fsp3) is 0.125. The highest BCUT2D eigenvalue weighted by Gasteiger charge is 2.18. The van der Waals surface area contributed by atoms with Crippen molar-refractivity contribution < 1.29 is 14.8 Å². The molecule has 0 saturated carbocycles. The number of aromatic nitrogens is 2. The molecule has 2 aromatic carbocycles. The molecule has 1 aromatic heterocycles. The molecule has 0 saturated heterocycles. The summed E-state index contributed by atoms with van der Waals surface area (Å²) in [5.74, 6) is -1.02. The lowest BCUT2D eigenvalue weighted by Crippen LogP contribution is -2.09. The number of aliphatic carboxylic acids is 1. The molecule has 10 nitrogen and oxygen atoms in total. The largest absolute Gasteiger partial charge is 0.481 e. The maximum Gasteiger partial charge on any atom is 0.323 e. The van der Waals surface area contributed by atoms with Crippen molar-refractivity contribution in [3.05, 3.63) is 56.0 Å². The third kappa shape index (κ3) is 4.18. The summed E-state index contributed by atoms with van der Waals surface area (Å²) in [5.41, 5.74) is 1.76. The summed E-state index contributed by atoms with van der Waals surface area (Å²) in [4.78, 5) is 37.9. The van der Waals surface area contributed by atoms with E-state index in [1.165, 1.54) is 12.1 Å². The van der Waals surface area contributed by atoms with E-state index in [2.05, 4.69) is 20.6 Å². The van der Waals surface area contributed by atoms with Crippen LogP contribution in [0.15, 0.2) is 35.1 Å². The first-order valence-electron chi connectivity index (χ1n) is 7.76. The predicted octanol–water partition coefficient (Wildman–Crippen LogP) is 3.05. The number of halogens is 1. The van der Waals surface area contributed by atoms with Gasteiger partial charge in [0, 0.05) is 18.3 Å². The van der Waals surface area contributed by atoms with E-state index in [9.17, 15) is 19.7 Å². The van der Waals surface area contributed by atoms with Crippen LogP contribution in [0, 0.1) is 10.1 Å². The Labute approximate surface area is 156 Å². The minimum Gasteiger partial charge on any atom is -0.481 e. The van der Waals surface area contributed by atoms with E-state index in [0.29, 0.717) is 22.4 Å². The summed E-state index contributed by atoms with van der Waals surface area (Å²) in [6, 6.07) is 7.71. The van der Waals surface area contributed by atoms with Crippen LogP contribution in [0.3, 0.4) is 0 Å². The fourth-order valence-electron chi connectivity index (χ4n) is 2.52. The Bertz CT molecular complexity index is 1090. The first-order valence-corrected chi connectivity index (χ1v) is 8.14. The van der Waals surface area contributed by atoms with Crippen LogP contribution in [-0.2, 0) is 4.79 Å². The third-order valence-corrected chi connectivity index (χ3v) is 4.04. The van der Waals surface area contributed by atoms with Gasteiger partial charge in [0.25, 0.3) is 5.69 Å². The maximum atomic E-state index is 11.3. The molecule has 0 amide bonds. The quantitative estimate of drug-likeness (QED) is 0.306. The van der Waals surface area contributed by atoms with Gasteiger partial charge in [-0.25, -0.2) is 4.79 Å². The molecule has 0 aliphatic carbocycles. The molecule has 0 aliphatic heterocycles. The molecule has 0 fully saturated rings. The average Bonchev–Trinajstić information content (AvgIpc) is 2.96. The Hall–Kier alpha value is -3.53. The van der Waals surface area contributed by atoms with E-state index in [0.717, 1.165) is 0 Å². The van der Waals surface area contributed by atoms with E-state index in [-0.39, 0.29) is 35.1 Å². The van der Waals surface area contributed by atoms with Crippen LogP contribution < -0.4 is 16.3 Å². The number of nitro groups is 1. The summed E-state index contributed by atoms with van der Waals surface area (Å²) in [7, 11) is 0. The van der Waals surface area contributed by atoms with Gasteiger partial charge in [-0.05, 0) is 24.3 Å². The number of carboxylic acids is 1. The number of rotatable bonds is 7. The second kappa shape index (κ2) is 7.38. The minimum atomic E-state index is -1.02. The number of fused-ring (bicyclic) bond motifs is 1. The van der Waals surface area contributed by atoms with Gasteiger partial charge in [0.2, 0.25) is 0 Å². The molecule has 3 aromatic rings. The van der Waals surface area contributed by atoms with Crippen LogP contribution in [0.4, 0.5) is 22.7 Å². The predicted molar refractivity (Wildman–Crippen MR) is 101 cm³/mol. The number of nitro benzene ring substituents is 1. The van der Waals surface area contributed by atoms with Gasteiger partial charge >= 0.3 is 11.7 Å². The number of carbonyl (C=O) groups is 1. The van der Waals surface area contributed by atoms with E-state index in [4.69, 9.17) is 16.7 Å². The van der Waals surface area contributed by atoms with Crippen LogP contribution in [0.5, 0.6) is 0 Å². The zero-order valence-corrected chi connectivity index (χ0v) is 14.5. The highest BCUT2D eigenvalue weighted by molar-refractivity contribution is 6.33. The zero-order valence-electron chi connectivity index (χ0n) is 13.7. The first kappa shape index (κ1) is 18.3. The van der Waals surface area contributed by atoms with E-state index in [1.54, 1.807) is 18.2 Å². The van der Waals surface area contributed by atoms with Gasteiger partial charge in [-0.3, -0.25) is 14.9 Å². The molecule has 0 radical (unpaired) electrons. The van der Waals surface area contributed by atoms with Crippen molar-refractivity contribution in [2.24, 2.45) is 0 Å². The Kier molecular flexibility index (Phi) is 4.99. The highest BCUT2D eigenvalue weighted by Crippen LogP contribution is 2.36. The Morgan fingerprint density at radius 1 is 1.19 bits per heavy atom. The van der Waals surface area contributed by atoms with E-state index >= 15 is 0 Å². The number of hydrogen-bond acceptors (Lipinski definition) is 6. The monoisotopic (exact) mass is 391 g/mol. The Morgan fingerprint density at radius 2 is 1.93 bits per heavy atom. The number of aromatic amines is 2. The Balaban J connectivity index is 1.91. The molecular formula is C16H14ClN5O5. The van der Waals surface area contributed by atoms with Gasteiger partial charge in [-0.15, -0.1) is 0 Å². The molecule has 3 rings (SSSR count). The number of nitrogens with zero attached hydrogens (tertiary/aromatic N) is 1. The number of nitrogens with one attached hydrogen (secondary N) is 4. The number of anilines is 3. The van der Waals surface area contributed by atoms with Crippen LogP contribution in [0.2, 0.25) is 5.02 Å². The minimum absolute atomic E-state index is 0.0216. The molecule has 140 valence electrons. The third-order valence-electron chi connectivity index (χ3n) is 3.73. The molecule has 0 spiro atoms. The fourth-order valence-corrected chi connectivity index (χ4v) is 2.73. The molecule has 27 heavy (non-hydrogen) atoms. The van der Waals surface area contributed by atoms with Crippen LogP contribution in [0.25, 0.3) is 11.0 Å². The van der Waals surface area contributed by atoms with E-state index < -0.39 is 10.9 Å². The molecular weight excluding hydrogens is 378 g/mol. The zero-order chi connectivity index (χ0) is 19.6. The number of imidazole rings is 1. The molecule has 11 heteroatoms. The standard InChI is InChI=1S/C16H14ClN5O5/c17-9-6-14(22(26)27)13(18-4-3-15(23)24)7-11(9)19-8-1-2-10-12(5-8)21-16(25)20-10/h1-2,5-7,18-19H,3-4H2,(H,23,24)(H2,20,21,25). The first-order chi connectivity index (χ1) is 12.8. The molecule has 0 bridgehead atoms. The van der Waals surface area contributed by atoms with Crippen molar-refractivity contribution in [3.63, 3.8) is 0 Å². The molecule has 0 atom stereocenters.